The van der Waals surface area contributed by atoms with E-state index in [2.05, 4.69) is 10.6 Å². The standard InChI is InChI=1S/C18H23F2N3O2/c1-17(8-6-15(24)22-16(17)25)23(2)13-5-3-4-12(10-13)14-7-9-21-11-18(14,19)20/h3-5,10,14,21H,6-9,11H2,1-2H3,(H,22,24,25)/t14-,17-/m0/s1. The molecule has 2 atom stereocenters. The molecule has 2 N–H and O–H groups in total. The number of halogens is 2. The van der Waals surface area contributed by atoms with Crippen molar-refractivity contribution in [2.45, 2.75) is 43.6 Å². The molecule has 0 unspecified atom stereocenters. The summed E-state index contributed by atoms with van der Waals surface area (Å²) >= 11 is 0. The number of imide groups is 1. The van der Waals surface area contributed by atoms with Crippen LogP contribution in [0.15, 0.2) is 24.3 Å². The van der Waals surface area contributed by atoms with E-state index in [1.807, 2.05) is 0 Å². The van der Waals surface area contributed by atoms with E-state index in [4.69, 9.17) is 0 Å². The smallest absolute Gasteiger partial charge is 0.267 e. The first-order valence-corrected chi connectivity index (χ1v) is 8.51. The van der Waals surface area contributed by atoms with Gasteiger partial charge in [0.25, 0.3) is 11.8 Å². The average Bonchev–Trinajstić information content (AvgIpc) is 2.57. The molecule has 136 valence electrons. The van der Waals surface area contributed by atoms with Crippen LogP contribution in [0.2, 0.25) is 0 Å². The number of likely N-dealkylation sites (N-methyl/N-ethyl adjacent to an activating group) is 1. The molecule has 0 saturated carbocycles. The van der Waals surface area contributed by atoms with Crippen molar-refractivity contribution in [3.05, 3.63) is 29.8 Å². The lowest BCUT2D eigenvalue weighted by molar-refractivity contribution is -0.137. The summed E-state index contributed by atoms with van der Waals surface area (Å²) in [5.41, 5.74) is 0.383. The number of hydrogen-bond acceptors (Lipinski definition) is 4. The van der Waals surface area contributed by atoms with E-state index in [1.165, 1.54) is 0 Å². The number of carbonyl (C=O) groups is 2. The van der Waals surface area contributed by atoms with E-state index in [1.54, 1.807) is 43.1 Å². The normalized spacial score (nSPS) is 29.2. The lowest BCUT2D eigenvalue weighted by Gasteiger charge is -2.41. The van der Waals surface area contributed by atoms with Gasteiger partial charge in [0.15, 0.2) is 0 Å². The van der Waals surface area contributed by atoms with Crippen LogP contribution in [-0.4, -0.2) is 43.4 Å². The van der Waals surface area contributed by atoms with Gasteiger partial charge in [0.2, 0.25) is 5.91 Å². The first-order valence-electron chi connectivity index (χ1n) is 8.51. The molecule has 3 rings (SSSR count). The van der Waals surface area contributed by atoms with Gasteiger partial charge in [0, 0.05) is 19.2 Å². The first-order chi connectivity index (χ1) is 11.7. The predicted molar refractivity (Wildman–Crippen MR) is 90.8 cm³/mol. The number of nitrogens with zero attached hydrogens (tertiary/aromatic N) is 1. The van der Waals surface area contributed by atoms with Gasteiger partial charge in [-0.3, -0.25) is 14.9 Å². The van der Waals surface area contributed by atoms with Crippen LogP contribution < -0.4 is 15.5 Å². The fourth-order valence-electron chi connectivity index (χ4n) is 3.60. The quantitative estimate of drug-likeness (QED) is 0.818. The Morgan fingerprint density at radius 3 is 2.72 bits per heavy atom. The van der Waals surface area contributed by atoms with Gasteiger partial charge in [-0.05, 0) is 44.0 Å². The second-order valence-electron chi connectivity index (χ2n) is 7.08. The average molecular weight is 351 g/mol. The van der Waals surface area contributed by atoms with Gasteiger partial charge < -0.3 is 10.2 Å². The maximum absolute atomic E-state index is 14.2. The minimum absolute atomic E-state index is 0.263. The van der Waals surface area contributed by atoms with E-state index in [0.717, 1.165) is 0 Å². The molecule has 0 aromatic heterocycles. The zero-order chi connectivity index (χ0) is 18.2. The number of hydrogen-bond donors (Lipinski definition) is 2. The molecule has 1 aromatic carbocycles. The third-order valence-electron chi connectivity index (χ3n) is 5.46. The maximum Gasteiger partial charge on any atom is 0.267 e. The largest absolute Gasteiger partial charge is 0.360 e. The van der Waals surface area contributed by atoms with Gasteiger partial charge in [-0.1, -0.05) is 12.1 Å². The van der Waals surface area contributed by atoms with Gasteiger partial charge in [-0.25, -0.2) is 8.78 Å². The zero-order valence-electron chi connectivity index (χ0n) is 14.4. The zero-order valence-corrected chi connectivity index (χ0v) is 14.4. The third-order valence-corrected chi connectivity index (χ3v) is 5.46. The molecule has 0 spiro atoms. The summed E-state index contributed by atoms with van der Waals surface area (Å²) in [6.07, 6.45) is 1.02. The fraction of sp³-hybridized carbons (Fsp3) is 0.556. The molecule has 7 heteroatoms. The molecule has 2 amide bonds. The summed E-state index contributed by atoms with van der Waals surface area (Å²) in [5, 5.41) is 5.10. The van der Waals surface area contributed by atoms with Crippen LogP contribution in [0.5, 0.6) is 0 Å². The van der Waals surface area contributed by atoms with Crippen molar-refractivity contribution in [2.75, 3.05) is 25.0 Å². The van der Waals surface area contributed by atoms with Crippen LogP contribution in [0.4, 0.5) is 14.5 Å². The SMILES string of the molecule is CN(c1cccc([C@@H]2CCNCC2(F)F)c1)[C@@]1(C)CCC(=O)NC1=O. The highest BCUT2D eigenvalue weighted by atomic mass is 19.3. The van der Waals surface area contributed by atoms with Crippen LogP contribution in [0.1, 0.15) is 37.7 Å². The van der Waals surface area contributed by atoms with E-state index in [9.17, 15) is 18.4 Å². The number of piperidine rings is 2. The molecule has 25 heavy (non-hydrogen) atoms. The highest BCUT2D eigenvalue weighted by Crippen LogP contribution is 2.39. The van der Waals surface area contributed by atoms with Crippen LogP contribution in [0.25, 0.3) is 0 Å². The third kappa shape index (κ3) is 3.25. The molecule has 0 bridgehead atoms. The summed E-state index contributed by atoms with van der Waals surface area (Å²) < 4.78 is 28.5. The molecule has 2 heterocycles. The second-order valence-corrected chi connectivity index (χ2v) is 7.08. The molecule has 2 aliphatic rings. The maximum atomic E-state index is 14.2. The lowest BCUT2D eigenvalue weighted by Crippen LogP contribution is -2.60. The number of nitrogens with one attached hydrogen (secondary N) is 2. The number of carbonyl (C=O) groups excluding carboxylic acids is 2. The minimum atomic E-state index is -2.80. The van der Waals surface area contributed by atoms with E-state index < -0.39 is 17.4 Å². The Labute approximate surface area is 145 Å². The van der Waals surface area contributed by atoms with Gasteiger partial charge in [-0.15, -0.1) is 0 Å². The Morgan fingerprint density at radius 1 is 1.28 bits per heavy atom. The van der Waals surface area contributed by atoms with Gasteiger partial charge in [0.05, 0.1) is 12.5 Å². The van der Waals surface area contributed by atoms with E-state index >= 15 is 0 Å². The fourth-order valence-corrected chi connectivity index (χ4v) is 3.60. The summed E-state index contributed by atoms with van der Waals surface area (Å²) in [6.45, 7) is 2.00. The highest BCUT2D eigenvalue weighted by molar-refractivity contribution is 6.04. The van der Waals surface area contributed by atoms with Gasteiger partial charge >= 0.3 is 0 Å². The summed E-state index contributed by atoms with van der Waals surface area (Å²) in [7, 11) is 1.76. The van der Waals surface area contributed by atoms with Crippen molar-refractivity contribution in [3.63, 3.8) is 0 Å². The Bertz CT molecular complexity index is 695. The van der Waals surface area contributed by atoms with Gasteiger partial charge in [0.1, 0.15) is 5.54 Å². The highest BCUT2D eigenvalue weighted by Gasteiger charge is 2.44. The predicted octanol–water partition coefficient (Wildman–Crippen LogP) is 2.03. The topological polar surface area (TPSA) is 61.4 Å². The molecule has 2 aliphatic heterocycles. The van der Waals surface area contributed by atoms with Crippen molar-refractivity contribution in [3.8, 4) is 0 Å². The van der Waals surface area contributed by atoms with Crippen LogP contribution in [0.3, 0.4) is 0 Å². The van der Waals surface area contributed by atoms with Crippen LogP contribution >= 0.6 is 0 Å². The van der Waals surface area contributed by atoms with Crippen molar-refractivity contribution in [2.24, 2.45) is 0 Å². The van der Waals surface area contributed by atoms with Gasteiger partial charge in [-0.2, -0.15) is 0 Å². The number of amides is 2. The summed E-state index contributed by atoms with van der Waals surface area (Å²) in [4.78, 5) is 25.5. The summed E-state index contributed by atoms with van der Waals surface area (Å²) in [5.74, 6) is -4.27. The number of benzene rings is 1. The Kier molecular flexibility index (Phi) is 4.53. The van der Waals surface area contributed by atoms with Crippen molar-refractivity contribution in [1.82, 2.24) is 10.6 Å². The number of anilines is 1. The monoisotopic (exact) mass is 351 g/mol. The molecular formula is C18H23F2N3O2. The molecule has 0 aliphatic carbocycles. The Hall–Kier alpha value is -2.02. The number of rotatable bonds is 3. The molecule has 5 nitrogen and oxygen atoms in total. The molecule has 2 fully saturated rings. The molecule has 0 radical (unpaired) electrons. The van der Waals surface area contributed by atoms with Crippen molar-refractivity contribution in [1.29, 1.82) is 0 Å². The minimum Gasteiger partial charge on any atom is -0.360 e. The molecular weight excluding hydrogens is 328 g/mol. The first kappa shape index (κ1) is 17.8. The van der Waals surface area contributed by atoms with Crippen molar-refractivity contribution >= 4 is 17.5 Å². The lowest BCUT2D eigenvalue weighted by atomic mass is 9.85. The summed E-state index contributed by atoms with van der Waals surface area (Å²) in [6, 6.07) is 7.00. The Balaban J connectivity index is 1.88. The molecule has 1 aromatic rings. The second kappa shape index (κ2) is 6.37. The number of alkyl halides is 2. The van der Waals surface area contributed by atoms with E-state index in [-0.39, 0.29) is 24.8 Å². The van der Waals surface area contributed by atoms with Crippen LogP contribution in [0, 0.1) is 0 Å². The van der Waals surface area contributed by atoms with Crippen LogP contribution in [-0.2, 0) is 9.59 Å². The van der Waals surface area contributed by atoms with Crippen molar-refractivity contribution < 1.29 is 18.4 Å². The molecule has 2 saturated heterocycles. The van der Waals surface area contributed by atoms with E-state index in [0.29, 0.717) is 30.6 Å². The Morgan fingerprint density at radius 2 is 2.04 bits per heavy atom.